The Morgan fingerprint density at radius 1 is 1.20 bits per heavy atom. The fourth-order valence-corrected chi connectivity index (χ4v) is 5.21. The Kier molecular flexibility index (Phi) is 5.63. The van der Waals surface area contributed by atoms with E-state index in [1.165, 1.54) is 22.3 Å². The van der Waals surface area contributed by atoms with E-state index >= 15 is 0 Å². The maximum absolute atomic E-state index is 12.9. The molecule has 0 unspecified atom stereocenters. The van der Waals surface area contributed by atoms with Crippen LogP contribution in [-0.4, -0.2) is 33.4 Å². The maximum Gasteiger partial charge on any atom is 0.292 e. The maximum atomic E-state index is 12.9. The zero-order chi connectivity index (χ0) is 21.1. The van der Waals surface area contributed by atoms with Gasteiger partial charge in [-0.15, -0.1) is 4.40 Å². The average Bonchev–Trinajstić information content (AvgIpc) is 3.38. The molecule has 30 heavy (non-hydrogen) atoms. The molecule has 4 rings (SSSR count). The summed E-state index contributed by atoms with van der Waals surface area (Å²) in [4.78, 5) is 3.78. The van der Waals surface area contributed by atoms with E-state index in [9.17, 15) is 13.7 Å². The number of sulfonamides is 1. The minimum Gasteiger partial charge on any atom is -0.477 e. The van der Waals surface area contributed by atoms with Gasteiger partial charge in [-0.2, -0.15) is 13.7 Å². The lowest BCUT2D eigenvalue weighted by Crippen LogP contribution is -2.30. The first kappa shape index (κ1) is 20.2. The van der Waals surface area contributed by atoms with Crippen LogP contribution in [0.3, 0.4) is 0 Å². The van der Waals surface area contributed by atoms with Crippen LogP contribution in [0.5, 0.6) is 0 Å². The number of hydrogen-bond donors (Lipinski definition) is 3. The highest BCUT2D eigenvalue weighted by atomic mass is 32.2. The second-order valence-electron chi connectivity index (χ2n) is 7.43. The third-order valence-electron chi connectivity index (χ3n) is 5.54. The second kappa shape index (κ2) is 8.36. The van der Waals surface area contributed by atoms with Gasteiger partial charge < -0.3 is 15.8 Å². The van der Waals surface area contributed by atoms with Crippen LogP contribution in [0.1, 0.15) is 41.5 Å². The first-order valence-electron chi connectivity index (χ1n) is 10.1. The van der Waals surface area contributed by atoms with Crippen molar-refractivity contribution in [2.24, 2.45) is 15.1 Å². The highest BCUT2D eigenvalue weighted by Gasteiger charge is 2.28. The fraction of sp³-hybridized carbons (Fsp3) is 0.450. The molecule has 1 aromatic rings. The predicted octanol–water partition coefficient (Wildman–Crippen LogP) is 1.45. The van der Waals surface area contributed by atoms with Gasteiger partial charge in [-0.25, -0.2) is 0 Å². The number of ether oxygens (including phenoxy) is 1. The molecule has 2 aliphatic carbocycles. The molecule has 1 aliphatic heterocycles. The number of aliphatic imine (C=N–C) groups is 1. The van der Waals surface area contributed by atoms with Crippen LogP contribution in [0.15, 0.2) is 26.6 Å². The van der Waals surface area contributed by atoms with E-state index in [1.54, 1.807) is 6.19 Å². The lowest BCUT2D eigenvalue weighted by molar-refractivity contribution is 0.284. The van der Waals surface area contributed by atoms with E-state index in [0.29, 0.717) is 19.6 Å². The molecule has 0 radical (unpaired) electrons. The van der Waals surface area contributed by atoms with E-state index in [-0.39, 0.29) is 16.8 Å². The molecule has 0 fully saturated rings. The summed E-state index contributed by atoms with van der Waals surface area (Å²) in [7, 11) is -4.25. The average molecular weight is 429 g/mol. The summed E-state index contributed by atoms with van der Waals surface area (Å²) in [6, 6.07) is 2.27. The van der Waals surface area contributed by atoms with Gasteiger partial charge in [0.1, 0.15) is 0 Å². The Bertz CT molecular complexity index is 1070. The molecule has 3 aliphatic rings. The van der Waals surface area contributed by atoms with Gasteiger partial charge in [0.2, 0.25) is 11.9 Å². The number of benzene rings is 1. The number of nitrogens with one attached hydrogen (secondary N) is 2. The van der Waals surface area contributed by atoms with Gasteiger partial charge in [0.15, 0.2) is 11.1 Å². The number of nitrogens with two attached hydrogens (primary N) is 1. The minimum absolute atomic E-state index is 0.0506. The highest BCUT2D eigenvalue weighted by Crippen LogP contribution is 2.38. The van der Waals surface area contributed by atoms with Crippen LogP contribution in [0.25, 0.3) is 0 Å². The van der Waals surface area contributed by atoms with Crippen molar-refractivity contribution in [3.8, 4) is 6.19 Å². The SMILES string of the molecule is N#CNC(=NS(=O)(=O)C(=CN)C1=NCCCO1)Nc1c2c(cc3c1CCC3)CCC2. The van der Waals surface area contributed by atoms with Crippen molar-refractivity contribution in [2.75, 3.05) is 18.5 Å². The van der Waals surface area contributed by atoms with E-state index in [1.807, 2.05) is 0 Å². The molecule has 0 aromatic heterocycles. The van der Waals surface area contributed by atoms with Crippen LogP contribution in [0.4, 0.5) is 5.69 Å². The van der Waals surface area contributed by atoms with Crippen molar-refractivity contribution < 1.29 is 13.2 Å². The van der Waals surface area contributed by atoms with Gasteiger partial charge in [-0.3, -0.25) is 10.3 Å². The van der Waals surface area contributed by atoms with Gasteiger partial charge in [-0.05, 0) is 60.8 Å². The smallest absolute Gasteiger partial charge is 0.292 e. The molecule has 0 saturated carbocycles. The van der Waals surface area contributed by atoms with Crippen molar-refractivity contribution in [3.63, 3.8) is 0 Å². The molecule has 4 N–H and O–H groups in total. The molecule has 0 saturated heterocycles. The van der Waals surface area contributed by atoms with Crippen molar-refractivity contribution in [3.05, 3.63) is 39.4 Å². The quantitative estimate of drug-likeness (QED) is 0.285. The zero-order valence-corrected chi connectivity index (χ0v) is 17.4. The van der Waals surface area contributed by atoms with Gasteiger partial charge >= 0.3 is 0 Å². The number of aryl methyl sites for hydroxylation is 2. The third kappa shape index (κ3) is 3.85. The van der Waals surface area contributed by atoms with Gasteiger partial charge in [-0.1, -0.05) is 6.07 Å². The molecule has 0 spiro atoms. The third-order valence-corrected chi connectivity index (χ3v) is 6.83. The predicted molar refractivity (Wildman–Crippen MR) is 114 cm³/mol. The summed E-state index contributed by atoms with van der Waals surface area (Å²) in [5.41, 5.74) is 11.4. The standard InChI is InChI=1S/C20H24N6O3S/c21-11-17(19-23-8-3-9-29-19)30(27,28)26-20(24-12-22)25-18-15-6-1-4-13(15)10-14-5-2-7-16(14)18/h10-11H,1-9,21H2,(H2,24,25,26). The molecular weight excluding hydrogens is 404 g/mol. The second-order valence-corrected chi connectivity index (χ2v) is 9.00. The molecule has 1 heterocycles. The Labute approximate surface area is 175 Å². The number of rotatable bonds is 4. The molecular formula is C20H24N6O3S. The number of fused-ring (bicyclic) bond motifs is 2. The van der Waals surface area contributed by atoms with Crippen molar-refractivity contribution in [2.45, 2.75) is 44.9 Å². The summed E-state index contributed by atoms with van der Waals surface area (Å²) < 4.78 is 35.0. The van der Waals surface area contributed by atoms with E-state index < -0.39 is 10.0 Å². The van der Waals surface area contributed by atoms with Crippen LogP contribution in [0.2, 0.25) is 0 Å². The fourth-order valence-electron chi connectivity index (χ4n) is 4.26. The summed E-state index contributed by atoms with van der Waals surface area (Å²) >= 11 is 0. The Morgan fingerprint density at radius 2 is 1.90 bits per heavy atom. The molecule has 10 heteroatoms. The number of anilines is 1. The minimum atomic E-state index is -4.25. The van der Waals surface area contributed by atoms with Crippen LogP contribution >= 0.6 is 0 Å². The number of guanidine groups is 1. The van der Waals surface area contributed by atoms with Crippen molar-refractivity contribution >= 4 is 27.6 Å². The molecule has 0 bridgehead atoms. The first-order chi connectivity index (χ1) is 14.5. The van der Waals surface area contributed by atoms with Crippen molar-refractivity contribution in [1.29, 1.82) is 5.26 Å². The van der Waals surface area contributed by atoms with E-state index in [2.05, 4.69) is 26.1 Å². The Hall–Kier alpha value is -3.06. The lowest BCUT2D eigenvalue weighted by Gasteiger charge is -2.18. The molecule has 1 aromatic carbocycles. The van der Waals surface area contributed by atoms with Crippen molar-refractivity contribution in [1.82, 2.24) is 5.32 Å². The Balaban J connectivity index is 1.71. The topological polar surface area (TPSA) is 142 Å². The van der Waals surface area contributed by atoms with E-state index in [4.69, 9.17) is 10.5 Å². The van der Waals surface area contributed by atoms with E-state index in [0.717, 1.165) is 50.4 Å². The number of nitrogens with zero attached hydrogens (tertiary/aromatic N) is 3. The summed E-state index contributed by atoms with van der Waals surface area (Å²) in [6.45, 7) is 0.814. The zero-order valence-electron chi connectivity index (χ0n) is 16.6. The monoisotopic (exact) mass is 428 g/mol. The number of hydrogen-bond acceptors (Lipinski definition) is 6. The summed E-state index contributed by atoms with van der Waals surface area (Å²) in [5, 5.41) is 14.7. The first-order valence-corrected chi connectivity index (χ1v) is 11.5. The largest absolute Gasteiger partial charge is 0.477 e. The highest BCUT2D eigenvalue weighted by molar-refractivity contribution is 7.95. The normalized spacial score (nSPS) is 18.7. The Morgan fingerprint density at radius 3 is 2.47 bits per heavy atom. The summed E-state index contributed by atoms with van der Waals surface area (Å²) in [6.07, 6.45) is 9.34. The van der Waals surface area contributed by atoms with Crippen LogP contribution in [0, 0.1) is 11.5 Å². The van der Waals surface area contributed by atoms with Crippen LogP contribution in [-0.2, 0) is 40.4 Å². The van der Waals surface area contributed by atoms with Gasteiger partial charge in [0.05, 0.1) is 6.61 Å². The molecule has 9 nitrogen and oxygen atoms in total. The molecule has 0 atom stereocenters. The molecule has 158 valence electrons. The molecule has 0 amide bonds. The van der Waals surface area contributed by atoms with Gasteiger partial charge in [0.25, 0.3) is 10.0 Å². The summed E-state index contributed by atoms with van der Waals surface area (Å²) in [5.74, 6) is -0.215. The lowest BCUT2D eigenvalue weighted by atomic mass is 9.99. The van der Waals surface area contributed by atoms with Crippen LogP contribution < -0.4 is 16.4 Å². The van der Waals surface area contributed by atoms with Gasteiger partial charge in [0, 0.05) is 24.9 Å². The number of nitriles is 1.